The standard InChI is InChI=1S/C19H29N5OS/c1-4-7-12-24(13-8-5-2)15-10-11-16(17(25)14-15)21-22-19-20-18(9-6-3)23-26-19/h10-11,14,25H,4-9,12-13H2,1-3H3. The van der Waals surface area contributed by atoms with Gasteiger partial charge in [0.2, 0.25) is 5.13 Å². The zero-order chi connectivity index (χ0) is 18.8. The number of phenolic OH excluding ortho intramolecular Hbond substituents is 1. The third kappa shape index (κ3) is 6.05. The molecule has 0 bridgehead atoms. The van der Waals surface area contributed by atoms with Gasteiger partial charge in [-0.3, -0.25) is 0 Å². The monoisotopic (exact) mass is 375 g/mol. The molecule has 0 amide bonds. The maximum atomic E-state index is 10.3. The Morgan fingerprint density at radius 2 is 1.77 bits per heavy atom. The molecule has 6 nitrogen and oxygen atoms in total. The molecular formula is C19H29N5OS. The van der Waals surface area contributed by atoms with Gasteiger partial charge in [-0.05, 0) is 31.4 Å². The number of nitrogens with zero attached hydrogens (tertiary/aromatic N) is 5. The first-order valence-corrected chi connectivity index (χ1v) is 10.3. The van der Waals surface area contributed by atoms with Crippen molar-refractivity contribution < 1.29 is 5.11 Å². The van der Waals surface area contributed by atoms with E-state index >= 15 is 0 Å². The molecule has 0 aliphatic rings. The summed E-state index contributed by atoms with van der Waals surface area (Å²) < 4.78 is 4.24. The predicted octanol–water partition coefficient (Wildman–Crippen LogP) is 6.02. The number of azo groups is 1. The van der Waals surface area contributed by atoms with E-state index in [-0.39, 0.29) is 5.75 Å². The molecule has 0 radical (unpaired) electrons. The summed E-state index contributed by atoms with van der Waals surface area (Å²) in [6.07, 6.45) is 6.44. The van der Waals surface area contributed by atoms with Crippen molar-refractivity contribution in [3.05, 3.63) is 24.0 Å². The molecule has 0 aliphatic carbocycles. The van der Waals surface area contributed by atoms with Crippen molar-refractivity contribution >= 4 is 28.0 Å². The Kier molecular flexibility index (Phi) is 8.47. The van der Waals surface area contributed by atoms with E-state index in [1.54, 1.807) is 6.07 Å². The Balaban J connectivity index is 2.09. The zero-order valence-electron chi connectivity index (χ0n) is 16.0. The van der Waals surface area contributed by atoms with Gasteiger partial charge in [0.05, 0.1) is 0 Å². The highest BCUT2D eigenvalue weighted by molar-refractivity contribution is 7.09. The first-order valence-electron chi connectivity index (χ1n) is 9.50. The maximum Gasteiger partial charge on any atom is 0.249 e. The van der Waals surface area contributed by atoms with Crippen molar-refractivity contribution in [2.75, 3.05) is 18.0 Å². The van der Waals surface area contributed by atoms with Crippen LogP contribution in [0, 0.1) is 0 Å². The minimum absolute atomic E-state index is 0.141. The molecule has 142 valence electrons. The molecule has 0 fully saturated rings. The van der Waals surface area contributed by atoms with E-state index in [9.17, 15) is 5.11 Å². The Labute approximate surface area is 160 Å². The zero-order valence-corrected chi connectivity index (χ0v) is 16.8. The van der Waals surface area contributed by atoms with Crippen molar-refractivity contribution in [1.82, 2.24) is 9.36 Å². The van der Waals surface area contributed by atoms with Crippen LogP contribution >= 0.6 is 11.5 Å². The minimum atomic E-state index is 0.141. The van der Waals surface area contributed by atoms with Crippen LogP contribution in [0.1, 0.15) is 58.7 Å². The number of unbranched alkanes of at least 4 members (excludes halogenated alkanes) is 2. The van der Waals surface area contributed by atoms with Gasteiger partial charge in [0.15, 0.2) is 0 Å². The van der Waals surface area contributed by atoms with E-state index in [2.05, 4.69) is 45.3 Å². The van der Waals surface area contributed by atoms with Gasteiger partial charge in [-0.15, -0.1) is 10.2 Å². The van der Waals surface area contributed by atoms with Crippen LogP contribution in [0.4, 0.5) is 16.5 Å². The Morgan fingerprint density at radius 3 is 2.38 bits per heavy atom. The van der Waals surface area contributed by atoms with Crippen molar-refractivity contribution in [3.8, 4) is 5.75 Å². The second-order valence-electron chi connectivity index (χ2n) is 6.31. The van der Waals surface area contributed by atoms with Gasteiger partial charge in [-0.1, -0.05) is 33.6 Å². The van der Waals surface area contributed by atoms with Gasteiger partial charge in [0.1, 0.15) is 17.3 Å². The lowest BCUT2D eigenvalue weighted by Gasteiger charge is -2.25. The van der Waals surface area contributed by atoms with E-state index in [1.165, 1.54) is 11.5 Å². The number of anilines is 1. The summed E-state index contributed by atoms with van der Waals surface area (Å²) in [7, 11) is 0. The van der Waals surface area contributed by atoms with Crippen LogP contribution in [-0.2, 0) is 6.42 Å². The SMILES string of the molecule is CCCCN(CCCC)c1ccc(N=Nc2nc(CCC)ns2)c(O)c1. The number of aromatic nitrogens is 2. The average molecular weight is 376 g/mol. The molecule has 0 spiro atoms. The van der Waals surface area contributed by atoms with E-state index < -0.39 is 0 Å². The lowest BCUT2D eigenvalue weighted by molar-refractivity contribution is 0.476. The number of aryl methyl sites for hydroxylation is 1. The molecule has 2 aromatic rings. The fourth-order valence-electron chi connectivity index (χ4n) is 2.57. The minimum Gasteiger partial charge on any atom is -0.506 e. The number of benzene rings is 1. The Hall–Kier alpha value is -2.02. The molecule has 0 saturated carbocycles. The Bertz CT molecular complexity index is 693. The highest BCUT2D eigenvalue weighted by Crippen LogP contribution is 2.32. The summed E-state index contributed by atoms with van der Waals surface area (Å²) in [5.41, 5.74) is 1.48. The number of rotatable bonds is 11. The molecule has 1 aromatic heterocycles. The normalized spacial score (nSPS) is 11.3. The van der Waals surface area contributed by atoms with Crippen LogP contribution in [0.25, 0.3) is 0 Å². The second-order valence-corrected chi connectivity index (χ2v) is 7.04. The fourth-order valence-corrected chi connectivity index (χ4v) is 3.11. The first kappa shape index (κ1) is 20.3. The van der Waals surface area contributed by atoms with Gasteiger partial charge in [0.25, 0.3) is 0 Å². The summed E-state index contributed by atoms with van der Waals surface area (Å²) in [4.78, 5) is 6.64. The van der Waals surface area contributed by atoms with Crippen molar-refractivity contribution in [2.24, 2.45) is 10.2 Å². The van der Waals surface area contributed by atoms with Gasteiger partial charge >= 0.3 is 0 Å². The third-order valence-corrected chi connectivity index (χ3v) is 4.70. The molecule has 26 heavy (non-hydrogen) atoms. The summed E-state index contributed by atoms with van der Waals surface area (Å²) in [6, 6.07) is 5.59. The molecule has 1 heterocycles. The van der Waals surface area contributed by atoms with E-state index in [0.29, 0.717) is 10.8 Å². The summed E-state index contributed by atoms with van der Waals surface area (Å²) in [5, 5.41) is 19.1. The molecule has 0 aliphatic heterocycles. The highest BCUT2D eigenvalue weighted by Gasteiger charge is 2.09. The van der Waals surface area contributed by atoms with Crippen molar-refractivity contribution in [1.29, 1.82) is 0 Å². The van der Waals surface area contributed by atoms with Crippen LogP contribution in [-0.4, -0.2) is 27.6 Å². The number of hydrogen-bond donors (Lipinski definition) is 1. The lowest BCUT2D eigenvalue weighted by atomic mass is 10.2. The van der Waals surface area contributed by atoms with Crippen molar-refractivity contribution in [2.45, 2.75) is 59.3 Å². The Morgan fingerprint density at radius 1 is 1.04 bits per heavy atom. The summed E-state index contributed by atoms with van der Waals surface area (Å²) in [6.45, 7) is 8.48. The topological polar surface area (TPSA) is 74.0 Å². The lowest BCUT2D eigenvalue weighted by Crippen LogP contribution is -2.25. The van der Waals surface area contributed by atoms with Gasteiger partial charge in [-0.25, -0.2) is 4.98 Å². The van der Waals surface area contributed by atoms with Crippen LogP contribution in [0.3, 0.4) is 0 Å². The van der Waals surface area contributed by atoms with E-state index in [4.69, 9.17) is 0 Å². The largest absolute Gasteiger partial charge is 0.506 e. The maximum absolute atomic E-state index is 10.3. The smallest absolute Gasteiger partial charge is 0.249 e. The quantitative estimate of drug-likeness (QED) is 0.487. The van der Waals surface area contributed by atoms with Gasteiger partial charge < -0.3 is 10.0 Å². The molecule has 2 rings (SSSR count). The molecule has 0 unspecified atom stereocenters. The van der Waals surface area contributed by atoms with Gasteiger partial charge in [0, 0.05) is 42.8 Å². The number of hydrogen-bond acceptors (Lipinski definition) is 7. The predicted molar refractivity (Wildman–Crippen MR) is 108 cm³/mol. The van der Waals surface area contributed by atoms with Crippen LogP contribution in [0.2, 0.25) is 0 Å². The third-order valence-electron chi connectivity index (χ3n) is 4.06. The van der Waals surface area contributed by atoms with Crippen LogP contribution in [0.15, 0.2) is 28.4 Å². The average Bonchev–Trinajstić information content (AvgIpc) is 3.09. The molecular weight excluding hydrogens is 346 g/mol. The fraction of sp³-hybridized carbons (Fsp3) is 0.579. The second kappa shape index (κ2) is 10.9. The highest BCUT2D eigenvalue weighted by atomic mass is 32.1. The van der Waals surface area contributed by atoms with E-state index in [1.807, 2.05) is 12.1 Å². The number of phenols is 1. The molecule has 0 atom stereocenters. The molecule has 1 aromatic carbocycles. The molecule has 1 N–H and O–H groups in total. The number of aromatic hydroxyl groups is 1. The van der Waals surface area contributed by atoms with Crippen LogP contribution < -0.4 is 4.90 Å². The summed E-state index contributed by atoms with van der Waals surface area (Å²) >= 11 is 1.23. The van der Waals surface area contributed by atoms with Gasteiger partial charge in [-0.2, -0.15) is 4.37 Å². The van der Waals surface area contributed by atoms with E-state index in [0.717, 1.165) is 63.1 Å². The van der Waals surface area contributed by atoms with Crippen LogP contribution in [0.5, 0.6) is 5.75 Å². The molecule has 7 heteroatoms. The molecule has 0 saturated heterocycles. The first-order chi connectivity index (χ1) is 12.7. The van der Waals surface area contributed by atoms with Crippen molar-refractivity contribution in [3.63, 3.8) is 0 Å². The summed E-state index contributed by atoms with van der Waals surface area (Å²) in [5.74, 6) is 0.941.